The lowest BCUT2D eigenvalue weighted by Gasteiger charge is -2.33. The fourth-order valence-corrected chi connectivity index (χ4v) is 3.98. The topological polar surface area (TPSA) is 69.2 Å². The lowest BCUT2D eigenvalue weighted by Crippen LogP contribution is -2.42. The third kappa shape index (κ3) is 3.00. The molecule has 8 heteroatoms. The van der Waals surface area contributed by atoms with E-state index >= 15 is 0 Å². The Bertz CT molecular complexity index is 806. The van der Waals surface area contributed by atoms with Gasteiger partial charge in [0.25, 0.3) is 0 Å². The Kier molecular flexibility index (Phi) is 3.83. The zero-order chi connectivity index (χ0) is 15.2. The van der Waals surface area contributed by atoms with Gasteiger partial charge in [0.15, 0.2) is 9.84 Å². The lowest BCUT2D eigenvalue weighted by atomic mass is 9.95. The van der Waals surface area contributed by atoms with E-state index < -0.39 is 9.84 Å². The second-order valence-electron chi connectivity index (χ2n) is 5.13. The van der Waals surface area contributed by atoms with Gasteiger partial charge >= 0.3 is 0 Å². The van der Waals surface area contributed by atoms with Gasteiger partial charge in [-0.05, 0) is 22.0 Å². The summed E-state index contributed by atoms with van der Waals surface area (Å²) < 4.78 is 29.4. The summed E-state index contributed by atoms with van der Waals surface area (Å²) in [4.78, 5) is 8.29. The number of pyridine rings is 2. The minimum atomic E-state index is -2.98. The van der Waals surface area contributed by atoms with Crippen LogP contribution in [0.2, 0.25) is 5.15 Å². The van der Waals surface area contributed by atoms with Crippen LogP contribution < -0.4 is 4.74 Å². The van der Waals surface area contributed by atoms with E-state index in [1.165, 1.54) is 6.26 Å². The van der Waals surface area contributed by atoms with Crippen LogP contribution in [-0.2, 0) is 9.84 Å². The van der Waals surface area contributed by atoms with Crippen LogP contribution in [0.3, 0.4) is 0 Å². The first-order valence-electron chi connectivity index (χ1n) is 6.30. The van der Waals surface area contributed by atoms with Crippen LogP contribution in [0.25, 0.3) is 10.8 Å². The normalized spacial score (nSPS) is 22.0. The van der Waals surface area contributed by atoms with E-state index in [0.29, 0.717) is 23.9 Å². The highest BCUT2D eigenvalue weighted by Crippen LogP contribution is 2.35. The van der Waals surface area contributed by atoms with E-state index in [1.54, 1.807) is 18.5 Å². The maximum Gasteiger partial charge on any atom is 0.223 e. The van der Waals surface area contributed by atoms with Gasteiger partial charge in [-0.2, -0.15) is 0 Å². The van der Waals surface area contributed by atoms with Crippen molar-refractivity contribution in [2.24, 2.45) is 0 Å². The van der Waals surface area contributed by atoms with Crippen molar-refractivity contribution in [2.75, 3.05) is 6.26 Å². The van der Waals surface area contributed by atoms with Crippen LogP contribution in [0.15, 0.2) is 22.9 Å². The van der Waals surface area contributed by atoms with Crippen LogP contribution in [0.4, 0.5) is 0 Å². The molecule has 1 saturated carbocycles. The van der Waals surface area contributed by atoms with Crippen molar-refractivity contribution < 1.29 is 13.2 Å². The summed E-state index contributed by atoms with van der Waals surface area (Å²) in [5.74, 6) is 0.453. The second-order valence-corrected chi connectivity index (χ2v) is 8.69. The van der Waals surface area contributed by atoms with Crippen molar-refractivity contribution in [3.8, 4) is 5.88 Å². The molecule has 2 heterocycles. The minimum absolute atomic E-state index is 0.128. The van der Waals surface area contributed by atoms with Crippen LogP contribution in [0.1, 0.15) is 12.8 Å². The van der Waals surface area contributed by atoms with E-state index in [2.05, 4.69) is 25.9 Å². The predicted octanol–water partition coefficient (Wildman–Crippen LogP) is 3.00. The van der Waals surface area contributed by atoms with E-state index in [-0.39, 0.29) is 11.4 Å². The molecule has 0 aromatic carbocycles. The number of aromatic nitrogens is 2. The van der Waals surface area contributed by atoms with Gasteiger partial charge in [0.2, 0.25) is 5.88 Å². The Morgan fingerprint density at radius 2 is 2.00 bits per heavy atom. The van der Waals surface area contributed by atoms with Gasteiger partial charge < -0.3 is 4.74 Å². The van der Waals surface area contributed by atoms with Crippen molar-refractivity contribution in [2.45, 2.75) is 24.2 Å². The van der Waals surface area contributed by atoms with E-state index in [0.717, 1.165) is 15.2 Å². The largest absolute Gasteiger partial charge is 0.474 e. The molecule has 0 amide bonds. The van der Waals surface area contributed by atoms with Crippen LogP contribution in [-0.4, -0.2) is 36.0 Å². The Morgan fingerprint density at radius 3 is 2.67 bits per heavy atom. The fourth-order valence-electron chi connectivity index (χ4n) is 2.27. The molecule has 0 saturated heterocycles. The smallest absolute Gasteiger partial charge is 0.223 e. The number of hydrogen-bond acceptors (Lipinski definition) is 5. The molecule has 21 heavy (non-hydrogen) atoms. The highest BCUT2D eigenvalue weighted by molar-refractivity contribution is 9.10. The highest BCUT2D eigenvalue weighted by atomic mass is 79.9. The molecule has 1 fully saturated rings. The van der Waals surface area contributed by atoms with Gasteiger partial charge in [-0.15, -0.1) is 0 Å². The Labute approximate surface area is 135 Å². The maximum atomic E-state index is 11.4. The maximum absolute atomic E-state index is 11.4. The number of fused-ring (bicyclic) bond motifs is 1. The molecule has 1 aliphatic carbocycles. The molecular formula is C13H12BrClN2O3S. The van der Waals surface area contributed by atoms with Gasteiger partial charge in [0, 0.05) is 41.4 Å². The number of halogens is 2. The van der Waals surface area contributed by atoms with Crippen LogP contribution in [0, 0.1) is 0 Å². The summed E-state index contributed by atoms with van der Waals surface area (Å²) in [6, 6.07) is 1.73. The molecule has 0 unspecified atom stereocenters. The molecule has 0 N–H and O–H groups in total. The number of ether oxygens (including phenoxy) is 1. The minimum Gasteiger partial charge on any atom is -0.474 e. The Hall–Kier alpha value is -0.920. The summed E-state index contributed by atoms with van der Waals surface area (Å²) in [6.45, 7) is 0. The fraction of sp³-hybridized carbons (Fsp3) is 0.385. The molecule has 5 nitrogen and oxygen atoms in total. The van der Waals surface area contributed by atoms with Crippen molar-refractivity contribution in [1.82, 2.24) is 9.97 Å². The molecule has 2 aromatic heterocycles. The third-order valence-corrected chi connectivity index (χ3v) is 6.02. The van der Waals surface area contributed by atoms with Gasteiger partial charge in [-0.25, -0.2) is 18.4 Å². The van der Waals surface area contributed by atoms with Crippen molar-refractivity contribution >= 4 is 48.1 Å². The molecule has 1 aliphatic rings. The van der Waals surface area contributed by atoms with Gasteiger partial charge in [-0.1, -0.05) is 11.6 Å². The summed E-state index contributed by atoms with van der Waals surface area (Å²) >= 11 is 9.31. The van der Waals surface area contributed by atoms with Gasteiger partial charge in [0.05, 0.1) is 10.6 Å². The van der Waals surface area contributed by atoms with Crippen molar-refractivity contribution in [3.05, 3.63) is 28.1 Å². The van der Waals surface area contributed by atoms with Gasteiger partial charge in [-0.3, -0.25) is 0 Å². The molecule has 3 rings (SSSR count). The van der Waals surface area contributed by atoms with E-state index in [4.69, 9.17) is 16.3 Å². The predicted molar refractivity (Wildman–Crippen MR) is 84.5 cm³/mol. The summed E-state index contributed by atoms with van der Waals surface area (Å²) in [5, 5.41) is 1.69. The van der Waals surface area contributed by atoms with Gasteiger partial charge in [0.1, 0.15) is 11.3 Å². The van der Waals surface area contributed by atoms with Crippen LogP contribution >= 0.6 is 27.5 Å². The molecule has 2 aromatic rings. The first kappa shape index (κ1) is 15.0. The zero-order valence-electron chi connectivity index (χ0n) is 11.1. The van der Waals surface area contributed by atoms with Crippen molar-refractivity contribution in [1.29, 1.82) is 0 Å². The van der Waals surface area contributed by atoms with E-state index in [9.17, 15) is 8.42 Å². The number of hydrogen-bond donors (Lipinski definition) is 0. The highest BCUT2D eigenvalue weighted by Gasteiger charge is 2.38. The number of nitrogens with zero attached hydrogens (tertiary/aromatic N) is 2. The summed E-state index contributed by atoms with van der Waals surface area (Å²) in [6.07, 6.45) is 5.38. The first-order valence-corrected chi connectivity index (χ1v) is 9.42. The molecule has 0 atom stereocenters. The average molecular weight is 392 g/mol. The third-order valence-electron chi connectivity index (χ3n) is 3.59. The molecule has 112 valence electrons. The quantitative estimate of drug-likeness (QED) is 0.752. The first-order chi connectivity index (χ1) is 9.84. The Balaban J connectivity index is 1.85. The van der Waals surface area contributed by atoms with Crippen molar-refractivity contribution in [3.63, 3.8) is 0 Å². The van der Waals surface area contributed by atoms with Crippen LogP contribution in [0.5, 0.6) is 5.88 Å². The SMILES string of the molecule is CS(=O)(=O)C1CC(Oc2ncc(Br)c3cc(Cl)ncc23)C1. The van der Waals surface area contributed by atoms with E-state index in [1.807, 2.05) is 0 Å². The molecule has 0 radical (unpaired) electrons. The molecule has 0 spiro atoms. The zero-order valence-corrected chi connectivity index (χ0v) is 14.2. The average Bonchev–Trinajstić information content (AvgIpc) is 2.34. The molecule has 0 bridgehead atoms. The second kappa shape index (κ2) is 5.37. The summed E-state index contributed by atoms with van der Waals surface area (Å²) in [5.41, 5.74) is 0. The molecule has 0 aliphatic heterocycles. The Morgan fingerprint density at radius 1 is 1.29 bits per heavy atom. The molecular weight excluding hydrogens is 380 g/mol. The summed E-state index contributed by atoms with van der Waals surface area (Å²) in [7, 11) is -2.98. The number of rotatable bonds is 3. The lowest BCUT2D eigenvalue weighted by molar-refractivity contribution is 0.119. The number of sulfone groups is 1. The standard InChI is InChI=1S/C13H12BrClN2O3S/c1-21(18,19)8-2-7(3-8)20-13-10-5-16-12(15)4-9(10)11(14)6-17-13/h4-8H,2-3H2,1H3. The monoisotopic (exact) mass is 390 g/mol.